The SMILES string of the molecule is Cc1ccc(C#N)cc1Oc1ccc(C(C)N)nc1. The van der Waals surface area contributed by atoms with Gasteiger partial charge in [-0.05, 0) is 43.7 Å². The van der Waals surface area contributed by atoms with Gasteiger partial charge in [-0.25, -0.2) is 0 Å². The molecular formula is C15H15N3O. The van der Waals surface area contributed by atoms with Crippen molar-refractivity contribution >= 4 is 0 Å². The molecule has 1 heterocycles. The summed E-state index contributed by atoms with van der Waals surface area (Å²) >= 11 is 0. The van der Waals surface area contributed by atoms with Crippen LogP contribution >= 0.6 is 0 Å². The number of pyridine rings is 1. The van der Waals surface area contributed by atoms with Gasteiger partial charge in [0.2, 0.25) is 0 Å². The van der Waals surface area contributed by atoms with Gasteiger partial charge in [0.05, 0.1) is 23.5 Å². The molecule has 2 rings (SSSR count). The molecule has 0 aliphatic carbocycles. The Morgan fingerprint density at radius 3 is 2.68 bits per heavy atom. The number of ether oxygens (including phenoxy) is 1. The summed E-state index contributed by atoms with van der Waals surface area (Å²) in [6.07, 6.45) is 1.64. The van der Waals surface area contributed by atoms with E-state index < -0.39 is 0 Å². The quantitative estimate of drug-likeness (QED) is 0.912. The van der Waals surface area contributed by atoms with Gasteiger partial charge in [-0.3, -0.25) is 4.98 Å². The van der Waals surface area contributed by atoms with Crippen LogP contribution in [0.2, 0.25) is 0 Å². The lowest BCUT2D eigenvalue weighted by molar-refractivity contribution is 0.475. The fraction of sp³-hybridized carbons (Fsp3) is 0.200. The van der Waals surface area contributed by atoms with Crippen LogP contribution in [0.4, 0.5) is 0 Å². The smallest absolute Gasteiger partial charge is 0.145 e. The Hall–Kier alpha value is -2.38. The molecule has 2 N–H and O–H groups in total. The Labute approximate surface area is 112 Å². The van der Waals surface area contributed by atoms with Gasteiger partial charge in [0, 0.05) is 6.04 Å². The summed E-state index contributed by atoms with van der Waals surface area (Å²) in [5.74, 6) is 1.29. The van der Waals surface area contributed by atoms with E-state index in [1.165, 1.54) is 0 Å². The number of rotatable bonds is 3. The lowest BCUT2D eigenvalue weighted by Gasteiger charge is -2.10. The van der Waals surface area contributed by atoms with Crippen molar-refractivity contribution in [3.8, 4) is 17.6 Å². The molecular weight excluding hydrogens is 238 g/mol. The van der Waals surface area contributed by atoms with Crippen LogP contribution in [0.15, 0.2) is 36.5 Å². The van der Waals surface area contributed by atoms with Crippen LogP contribution in [0.5, 0.6) is 11.5 Å². The van der Waals surface area contributed by atoms with Crippen molar-refractivity contribution in [2.75, 3.05) is 0 Å². The number of aryl methyl sites for hydroxylation is 1. The number of benzene rings is 1. The number of hydrogen-bond donors (Lipinski definition) is 1. The molecule has 1 unspecified atom stereocenters. The average molecular weight is 253 g/mol. The van der Waals surface area contributed by atoms with E-state index >= 15 is 0 Å². The van der Waals surface area contributed by atoms with E-state index in [0.29, 0.717) is 17.1 Å². The fourth-order valence-electron chi connectivity index (χ4n) is 1.63. The number of nitrogens with zero attached hydrogens (tertiary/aromatic N) is 2. The first-order chi connectivity index (χ1) is 9.10. The molecule has 0 saturated heterocycles. The summed E-state index contributed by atoms with van der Waals surface area (Å²) in [5, 5.41) is 8.88. The topological polar surface area (TPSA) is 71.9 Å². The van der Waals surface area contributed by atoms with Gasteiger partial charge in [0.25, 0.3) is 0 Å². The second kappa shape index (κ2) is 5.51. The summed E-state index contributed by atoms with van der Waals surface area (Å²) in [4.78, 5) is 4.23. The van der Waals surface area contributed by atoms with Gasteiger partial charge in [-0.2, -0.15) is 5.26 Å². The zero-order valence-corrected chi connectivity index (χ0v) is 10.9. The summed E-state index contributed by atoms with van der Waals surface area (Å²) in [7, 11) is 0. The maximum Gasteiger partial charge on any atom is 0.145 e. The normalized spacial score (nSPS) is 11.7. The third kappa shape index (κ3) is 3.09. The van der Waals surface area contributed by atoms with Gasteiger partial charge in [0.15, 0.2) is 0 Å². The Morgan fingerprint density at radius 2 is 2.11 bits per heavy atom. The monoisotopic (exact) mass is 253 g/mol. The Kier molecular flexibility index (Phi) is 3.79. The highest BCUT2D eigenvalue weighted by atomic mass is 16.5. The van der Waals surface area contributed by atoms with Crippen molar-refractivity contribution < 1.29 is 4.74 Å². The summed E-state index contributed by atoms with van der Waals surface area (Å²) in [6.45, 7) is 3.81. The Balaban J connectivity index is 2.24. The fourth-order valence-corrected chi connectivity index (χ4v) is 1.63. The van der Waals surface area contributed by atoms with Gasteiger partial charge in [-0.1, -0.05) is 6.07 Å². The minimum Gasteiger partial charge on any atom is -0.455 e. The van der Waals surface area contributed by atoms with Crippen LogP contribution in [0.3, 0.4) is 0 Å². The minimum atomic E-state index is -0.0993. The van der Waals surface area contributed by atoms with E-state index in [9.17, 15) is 0 Å². The van der Waals surface area contributed by atoms with Crippen LogP contribution in [-0.2, 0) is 0 Å². The molecule has 1 aromatic heterocycles. The number of hydrogen-bond acceptors (Lipinski definition) is 4. The largest absolute Gasteiger partial charge is 0.455 e. The van der Waals surface area contributed by atoms with Crippen molar-refractivity contribution in [1.29, 1.82) is 5.26 Å². The average Bonchev–Trinajstić information content (AvgIpc) is 2.42. The van der Waals surface area contributed by atoms with Crippen molar-refractivity contribution in [3.63, 3.8) is 0 Å². The maximum absolute atomic E-state index is 8.88. The molecule has 4 nitrogen and oxygen atoms in total. The summed E-state index contributed by atoms with van der Waals surface area (Å²) in [5.41, 5.74) is 8.09. The molecule has 0 spiro atoms. The highest BCUT2D eigenvalue weighted by Crippen LogP contribution is 2.25. The van der Waals surface area contributed by atoms with Gasteiger partial charge in [-0.15, -0.1) is 0 Å². The molecule has 0 aliphatic rings. The first-order valence-electron chi connectivity index (χ1n) is 6.00. The lowest BCUT2D eigenvalue weighted by atomic mass is 10.1. The second-order valence-corrected chi connectivity index (χ2v) is 4.40. The number of nitriles is 1. The molecule has 96 valence electrons. The third-order valence-corrected chi connectivity index (χ3v) is 2.77. The highest BCUT2D eigenvalue weighted by molar-refractivity contribution is 5.43. The van der Waals surface area contributed by atoms with Crippen molar-refractivity contribution in [2.24, 2.45) is 5.73 Å². The number of aromatic nitrogens is 1. The van der Waals surface area contributed by atoms with E-state index in [2.05, 4.69) is 11.1 Å². The van der Waals surface area contributed by atoms with E-state index in [0.717, 1.165) is 11.3 Å². The van der Waals surface area contributed by atoms with E-state index in [1.54, 1.807) is 18.3 Å². The maximum atomic E-state index is 8.88. The van der Waals surface area contributed by atoms with E-state index in [4.69, 9.17) is 15.7 Å². The van der Waals surface area contributed by atoms with E-state index in [-0.39, 0.29) is 6.04 Å². The lowest BCUT2D eigenvalue weighted by Crippen LogP contribution is -2.06. The Bertz CT molecular complexity index is 612. The third-order valence-electron chi connectivity index (χ3n) is 2.77. The summed E-state index contributed by atoms with van der Waals surface area (Å²) in [6, 6.07) is 11.0. The minimum absolute atomic E-state index is 0.0993. The second-order valence-electron chi connectivity index (χ2n) is 4.40. The van der Waals surface area contributed by atoms with Gasteiger partial charge in [0.1, 0.15) is 11.5 Å². The molecule has 0 radical (unpaired) electrons. The van der Waals surface area contributed by atoms with Gasteiger partial charge >= 0.3 is 0 Å². The predicted octanol–water partition coefficient (Wildman–Crippen LogP) is 3.07. The Morgan fingerprint density at radius 1 is 1.32 bits per heavy atom. The van der Waals surface area contributed by atoms with Crippen molar-refractivity contribution in [1.82, 2.24) is 4.98 Å². The molecule has 19 heavy (non-hydrogen) atoms. The first kappa shape index (κ1) is 13.1. The predicted molar refractivity (Wildman–Crippen MR) is 72.8 cm³/mol. The van der Waals surface area contributed by atoms with Crippen LogP contribution in [-0.4, -0.2) is 4.98 Å². The molecule has 1 aromatic carbocycles. The van der Waals surface area contributed by atoms with Crippen LogP contribution in [0.25, 0.3) is 0 Å². The standard InChI is InChI=1S/C15H15N3O/c1-10-3-4-12(8-16)7-15(10)19-13-5-6-14(11(2)17)18-9-13/h3-7,9,11H,17H2,1-2H3. The first-order valence-corrected chi connectivity index (χ1v) is 6.00. The molecule has 1 atom stereocenters. The molecule has 0 bridgehead atoms. The van der Waals surface area contributed by atoms with Crippen LogP contribution in [0, 0.1) is 18.3 Å². The van der Waals surface area contributed by atoms with Gasteiger partial charge < -0.3 is 10.5 Å². The summed E-state index contributed by atoms with van der Waals surface area (Å²) < 4.78 is 5.73. The van der Waals surface area contributed by atoms with Crippen molar-refractivity contribution in [2.45, 2.75) is 19.9 Å². The zero-order chi connectivity index (χ0) is 13.8. The molecule has 2 aromatic rings. The molecule has 0 aliphatic heterocycles. The van der Waals surface area contributed by atoms with Crippen LogP contribution < -0.4 is 10.5 Å². The molecule has 0 fully saturated rings. The van der Waals surface area contributed by atoms with Crippen molar-refractivity contribution in [3.05, 3.63) is 53.3 Å². The van der Waals surface area contributed by atoms with E-state index in [1.807, 2.05) is 32.0 Å². The van der Waals surface area contributed by atoms with Crippen LogP contribution in [0.1, 0.15) is 29.8 Å². The molecule has 0 saturated carbocycles. The zero-order valence-electron chi connectivity index (χ0n) is 10.9. The highest BCUT2D eigenvalue weighted by Gasteiger charge is 2.05. The molecule has 0 amide bonds. The number of nitrogens with two attached hydrogens (primary N) is 1. The molecule has 4 heteroatoms.